The topological polar surface area (TPSA) is 92.1 Å². The van der Waals surface area contributed by atoms with Gasteiger partial charge < -0.3 is 10.1 Å². The molecule has 134 valence electrons. The fourth-order valence-electron chi connectivity index (χ4n) is 2.20. The van der Waals surface area contributed by atoms with Gasteiger partial charge in [-0.2, -0.15) is 13.2 Å². The van der Waals surface area contributed by atoms with Crippen LogP contribution in [0.4, 0.5) is 18.9 Å². The number of nitrogens with one attached hydrogen (secondary N) is 1. The quantitative estimate of drug-likeness (QED) is 0.285. The Morgan fingerprint density at radius 1 is 1.15 bits per heavy atom. The molecule has 0 amide bonds. The molecule has 3 aromatic rings. The van der Waals surface area contributed by atoms with Crippen molar-refractivity contribution in [1.82, 2.24) is 9.97 Å². The maximum Gasteiger partial charge on any atom is 0.450 e. The van der Waals surface area contributed by atoms with E-state index in [1.165, 1.54) is 24.3 Å². The molecule has 0 saturated heterocycles. The van der Waals surface area contributed by atoms with E-state index in [-0.39, 0.29) is 16.4 Å². The van der Waals surface area contributed by atoms with E-state index >= 15 is 0 Å². The number of benzene rings is 2. The number of nitro benzene ring substituents is 1. The lowest BCUT2D eigenvalue weighted by atomic mass is 10.3. The standard InChI is InChI=1S/C16H10F3N3O3S/c17-16(18,19)14(23)13(15-20-9-5-1-2-6-10(9)21-15)26-12-8-4-3-7-11(12)22(24)25/h1-8,23H,(H,20,21)/b14-13-. The number of nitro groups is 1. The average Bonchev–Trinajstić information content (AvgIpc) is 3.02. The van der Waals surface area contributed by atoms with E-state index in [9.17, 15) is 28.4 Å². The Morgan fingerprint density at radius 3 is 2.46 bits per heavy atom. The number of fused-ring (bicyclic) bond motifs is 1. The Labute approximate surface area is 148 Å². The number of aliphatic hydroxyl groups is 1. The fourth-order valence-corrected chi connectivity index (χ4v) is 3.22. The number of hydrogen-bond donors (Lipinski definition) is 2. The smallest absolute Gasteiger partial charge is 0.450 e. The van der Waals surface area contributed by atoms with Crippen molar-refractivity contribution in [3.63, 3.8) is 0 Å². The molecule has 0 unspecified atom stereocenters. The van der Waals surface area contributed by atoms with Gasteiger partial charge in [0.1, 0.15) is 10.7 Å². The first-order chi connectivity index (χ1) is 12.3. The molecule has 0 saturated carbocycles. The Hall–Kier alpha value is -3.01. The summed E-state index contributed by atoms with van der Waals surface area (Å²) in [5, 5.41) is 20.8. The van der Waals surface area contributed by atoms with Gasteiger partial charge >= 0.3 is 6.18 Å². The molecule has 1 aromatic heterocycles. The van der Waals surface area contributed by atoms with Gasteiger partial charge in [-0.05, 0) is 18.2 Å². The van der Waals surface area contributed by atoms with Crippen molar-refractivity contribution in [2.24, 2.45) is 0 Å². The van der Waals surface area contributed by atoms with Gasteiger partial charge in [-0.3, -0.25) is 10.1 Å². The summed E-state index contributed by atoms with van der Waals surface area (Å²) in [7, 11) is 0. The zero-order valence-corrected chi connectivity index (χ0v) is 13.6. The van der Waals surface area contributed by atoms with E-state index in [2.05, 4.69) is 9.97 Å². The van der Waals surface area contributed by atoms with Crippen molar-refractivity contribution < 1.29 is 23.2 Å². The number of aliphatic hydroxyl groups excluding tert-OH is 1. The number of nitrogens with zero attached hydrogens (tertiary/aromatic N) is 2. The zero-order chi connectivity index (χ0) is 18.9. The van der Waals surface area contributed by atoms with Crippen molar-refractivity contribution in [1.29, 1.82) is 0 Å². The predicted molar refractivity (Wildman–Crippen MR) is 90.7 cm³/mol. The van der Waals surface area contributed by atoms with Crippen LogP contribution < -0.4 is 0 Å². The van der Waals surface area contributed by atoms with Gasteiger partial charge in [0.15, 0.2) is 0 Å². The molecule has 26 heavy (non-hydrogen) atoms. The highest BCUT2D eigenvalue weighted by Crippen LogP contribution is 2.43. The van der Waals surface area contributed by atoms with E-state index in [4.69, 9.17) is 0 Å². The average molecular weight is 381 g/mol. The molecule has 0 atom stereocenters. The van der Waals surface area contributed by atoms with E-state index in [1.54, 1.807) is 24.3 Å². The monoisotopic (exact) mass is 381 g/mol. The number of halogens is 3. The van der Waals surface area contributed by atoms with Gasteiger partial charge in [-0.15, -0.1) is 0 Å². The van der Waals surface area contributed by atoms with Crippen LogP contribution in [0.3, 0.4) is 0 Å². The second-order valence-corrected chi connectivity index (χ2v) is 6.16. The Balaban J connectivity index is 2.16. The number of aromatic nitrogens is 2. The van der Waals surface area contributed by atoms with Crippen molar-refractivity contribution in [3.05, 3.63) is 70.2 Å². The molecule has 0 fully saturated rings. The summed E-state index contributed by atoms with van der Waals surface area (Å²) < 4.78 is 39.3. The maximum atomic E-state index is 13.1. The summed E-state index contributed by atoms with van der Waals surface area (Å²) in [6.07, 6.45) is -5.04. The number of rotatable bonds is 4. The molecule has 0 aliphatic carbocycles. The van der Waals surface area contributed by atoms with Crippen LogP contribution in [0, 0.1) is 10.1 Å². The second kappa shape index (κ2) is 6.71. The highest BCUT2D eigenvalue weighted by atomic mass is 32.2. The van der Waals surface area contributed by atoms with Crippen LogP contribution in [-0.4, -0.2) is 26.2 Å². The van der Waals surface area contributed by atoms with Crippen LogP contribution in [0.5, 0.6) is 0 Å². The van der Waals surface area contributed by atoms with Crippen molar-refractivity contribution in [2.75, 3.05) is 0 Å². The van der Waals surface area contributed by atoms with Crippen LogP contribution >= 0.6 is 11.8 Å². The third kappa shape index (κ3) is 3.49. The van der Waals surface area contributed by atoms with Crippen molar-refractivity contribution >= 4 is 33.4 Å². The number of hydrogen-bond acceptors (Lipinski definition) is 5. The zero-order valence-electron chi connectivity index (χ0n) is 12.8. The Bertz CT molecular complexity index is 981. The summed E-state index contributed by atoms with van der Waals surface area (Å²) in [4.78, 5) is 16.5. The summed E-state index contributed by atoms with van der Waals surface area (Å²) >= 11 is 0.421. The van der Waals surface area contributed by atoms with Gasteiger partial charge in [0.05, 0.1) is 20.9 Å². The molecule has 0 radical (unpaired) electrons. The lowest BCUT2D eigenvalue weighted by Crippen LogP contribution is -2.13. The molecule has 2 N–H and O–H groups in total. The molecule has 2 aromatic carbocycles. The van der Waals surface area contributed by atoms with E-state index in [0.717, 1.165) is 0 Å². The largest absolute Gasteiger partial charge is 0.503 e. The minimum atomic E-state index is -5.04. The van der Waals surface area contributed by atoms with Crippen LogP contribution in [-0.2, 0) is 0 Å². The minimum Gasteiger partial charge on any atom is -0.503 e. The third-order valence-corrected chi connectivity index (χ3v) is 4.52. The second-order valence-electron chi connectivity index (χ2n) is 5.10. The lowest BCUT2D eigenvalue weighted by molar-refractivity contribution is -0.387. The number of aromatic amines is 1. The molecular weight excluding hydrogens is 371 g/mol. The van der Waals surface area contributed by atoms with Crippen molar-refractivity contribution in [2.45, 2.75) is 11.1 Å². The predicted octanol–water partition coefficient (Wildman–Crippen LogP) is 5.05. The number of imidazole rings is 1. The molecule has 6 nitrogen and oxygen atoms in total. The Morgan fingerprint density at radius 2 is 1.81 bits per heavy atom. The van der Waals surface area contributed by atoms with Crippen molar-refractivity contribution in [3.8, 4) is 0 Å². The highest BCUT2D eigenvalue weighted by molar-refractivity contribution is 8.08. The van der Waals surface area contributed by atoms with Gasteiger partial charge in [-0.1, -0.05) is 36.0 Å². The molecule has 1 heterocycles. The van der Waals surface area contributed by atoms with Crippen LogP contribution in [0.1, 0.15) is 5.82 Å². The van der Waals surface area contributed by atoms with Gasteiger partial charge in [0.25, 0.3) is 5.69 Å². The summed E-state index contributed by atoms with van der Waals surface area (Å²) in [5.41, 5.74) is 0.498. The molecule has 0 aliphatic rings. The van der Waals surface area contributed by atoms with Crippen LogP contribution in [0.2, 0.25) is 0 Å². The molecule has 0 aliphatic heterocycles. The van der Waals surface area contributed by atoms with Crippen LogP contribution in [0.15, 0.2) is 59.2 Å². The van der Waals surface area contributed by atoms with E-state index < -0.39 is 21.8 Å². The van der Waals surface area contributed by atoms with Crippen LogP contribution in [0.25, 0.3) is 15.9 Å². The number of para-hydroxylation sites is 3. The molecule has 10 heteroatoms. The first-order valence-corrected chi connectivity index (χ1v) is 7.96. The van der Waals surface area contributed by atoms with Gasteiger partial charge in [0, 0.05) is 6.07 Å². The van der Waals surface area contributed by atoms with Gasteiger partial charge in [0.2, 0.25) is 5.76 Å². The highest BCUT2D eigenvalue weighted by Gasteiger charge is 2.38. The SMILES string of the molecule is O=[N+]([O-])c1ccccc1S/C(=C(\O)C(F)(F)F)c1nc2ccccc2[nH]1. The Kier molecular flexibility index (Phi) is 4.60. The molecular formula is C16H10F3N3O3S. The summed E-state index contributed by atoms with van der Waals surface area (Å²) in [5.74, 6) is -2.11. The van der Waals surface area contributed by atoms with E-state index in [0.29, 0.717) is 22.8 Å². The normalized spacial score (nSPS) is 12.9. The minimum absolute atomic E-state index is 0.0521. The molecule has 0 spiro atoms. The number of thioether (sulfide) groups is 1. The van der Waals surface area contributed by atoms with Gasteiger partial charge in [-0.25, -0.2) is 4.98 Å². The fraction of sp³-hybridized carbons (Fsp3) is 0.0625. The summed E-state index contributed by atoms with van der Waals surface area (Å²) in [6, 6.07) is 11.9. The number of alkyl halides is 3. The molecule has 0 bridgehead atoms. The summed E-state index contributed by atoms with van der Waals surface area (Å²) in [6.45, 7) is 0. The lowest BCUT2D eigenvalue weighted by Gasteiger charge is -2.11. The first-order valence-electron chi connectivity index (χ1n) is 7.14. The number of H-pyrrole nitrogens is 1. The first kappa shape index (κ1) is 17.8. The van der Waals surface area contributed by atoms with E-state index in [1.807, 2.05) is 0 Å². The third-order valence-electron chi connectivity index (χ3n) is 3.36. The molecule has 3 rings (SSSR count). The number of allylic oxidation sites excluding steroid dienone is 1. The maximum absolute atomic E-state index is 13.1.